The van der Waals surface area contributed by atoms with Crippen LogP contribution in [0, 0.1) is 13.8 Å². The molecular formula is C29H35N7O. The van der Waals surface area contributed by atoms with Crippen LogP contribution in [-0.4, -0.2) is 61.2 Å². The van der Waals surface area contributed by atoms with Crippen LogP contribution in [0.5, 0.6) is 0 Å². The van der Waals surface area contributed by atoms with Crippen molar-refractivity contribution in [1.29, 1.82) is 0 Å². The molecule has 0 amide bonds. The summed E-state index contributed by atoms with van der Waals surface area (Å²) >= 11 is 0. The SMILES string of the molecule is Cc1ccc(C)c2[nH]c(=O)c(C(c3nnnn3C3CCCC3)N3CCN(Cc4ccccc4)CC3)cc12. The van der Waals surface area contributed by atoms with Gasteiger partial charge in [-0.15, -0.1) is 5.10 Å². The first kappa shape index (κ1) is 24.0. The molecule has 2 aromatic heterocycles. The summed E-state index contributed by atoms with van der Waals surface area (Å²) in [5.41, 5.74) is 5.14. The fraction of sp³-hybridized carbons (Fsp3) is 0.448. The predicted octanol–water partition coefficient (Wildman–Crippen LogP) is 4.15. The highest BCUT2D eigenvalue weighted by Gasteiger charge is 2.34. The van der Waals surface area contributed by atoms with Gasteiger partial charge < -0.3 is 4.98 Å². The van der Waals surface area contributed by atoms with Crippen molar-refractivity contribution < 1.29 is 0 Å². The lowest BCUT2D eigenvalue weighted by atomic mass is 9.99. The average molecular weight is 498 g/mol. The molecule has 192 valence electrons. The topological polar surface area (TPSA) is 82.9 Å². The van der Waals surface area contributed by atoms with Crippen molar-refractivity contribution in [2.45, 2.75) is 58.2 Å². The number of aromatic amines is 1. The van der Waals surface area contributed by atoms with Crippen molar-refractivity contribution in [3.63, 3.8) is 0 Å². The van der Waals surface area contributed by atoms with Crippen molar-refractivity contribution in [1.82, 2.24) is 35.0 Å². The molecule has 1 saturated heterocycles. The second kappa shape index (κ2) is 10.2. The summed E-state index contributed by atoms with van der Waals surface area (Å²) < 4.78 is 2.01. The van der Waals surface area contributed by atoms with E-state index < -0.39 is 0 Å². The van der Waals surface area contributed by atoms with E-state index in [0.717, 1.165) is 79.0 Å². The second-order valence-corrected chi connectivity index (χ2v) is 10.7. The van der Waals surface area contributed by atoms with E-state index in [0.29, 0.717) is 6.04 Å². The number of aryl methyl sites for hydroxylation is 2. The van der Waals surface area contributed by atoms with Gasteiger partial charge in [-0.25, -0.2) is 4.68 Å². The van der Waals surface area contributed by atoms with E-state index in [-0.39, 0.29) is 11.6 Å². The summed E-state index contributed by atoms with van der Waals surface area (Å²) in [4.78, 5) is 21.7. The number of tetrazole rings is 1. The molecule has 2 aromatic carbocycles. The van der Waals surface area contributed by atoms with Crippen LogP contribution < -0.4 is 5.56 Å². The number of H-pyrrole nitrogens is 1. The van der Waals surface area contributed by atoms with Gasteiger partial charge in [0.15, 0.2) is 5.82 Å². The maximum absolute atomic E-state index is 13.6. The number of hydrogen-bond acceptors (Lipinski definition) is 6. The Morgan fingerprint density at radius 2 is 1.70 bits per heavy atom. The molecule has 8 nitrogen and oxygen atoms in total. The monoisotopic (exact) mass is 497 g/mol. The van der Waals surface area contributed by atoms with Gasteiger partial charge in [0, 0.05) is 43.7 Å². The first-order valence-electron chi connectivity index (χ1n) is 13.5. The molecule has 0 bridgehead atoms. The van der Waals surface area contributed by atoms with E-state index in [4.69, 9.17) is 0 Å². The van der Waals surface area contributed by atoms with Gasteiger partial charge in [-0.2, -0.15) is 0 Å². The summed E-state index contributed by atoms with van der Waals surface area (Å²) in [6.07, 6.45) is 4.56. The van der Waals surface area contributed by atoms with E-state index in [2.05, 4.69) is 85.8 Å². The molecule has 1 atom stereocenters. The van der Waals surface area contributed by atoms with E-state index in [1.165, 1.54) is 18.4 Å². The molecule has 8 heteroatoms. The lowest BCUT2D eigenvalue weighted by Gasteiger charge is -2.39. The quantitative estimate of drug-likeness (QED) is 0.431. The summed E-state index contributed by atoms with van der Waals surface area (Å²) in [5, 5.41) is 14.2. The second-order valence-electron chi connectivity index (χ2n) is 10.7. The highest BCUT2D eigenvalue weighted by Crippen LogP contribution is 2.34. The fourth-order valence-electron chi connectivity index (χ4n) is 6.10. The summed E-state index contributed by atoms with van der Waals surface area (Å²) in [7, 11) is 0. The standard InChI is InChI=1S/C29H35N7O/c1-20-12-13-21(2)26-24(20)18-25(29(37)30-26)27(28-31-32-33-36(28)23-10-6-7-11-23)35-16-14-34(15-17-35)19-22-8-4-3-5-9-22/h3-5,8-9,12-13,18,23,27H,6-7,10-11,14-17,19H2,1-2H3,(H,30,37). The minimum Gasteiger partial charge on any atom is -0.321 e. The highest BCUT2D eigenvalue weighted by molar-refractivity contribution is 5.85. The van der Waals surface area contributed by atoms with Gasteiger partial charge in [-0.3, -0.25) is 14.6 Å². The third kappa shape index (κ3) is 4.71. The summed E-state index contributed by atoms with van der Waals surface area (Å²) in [6.45, 7) is 8.64. The zero-order chi connectivity index (χ0) is 25.4. The summed E-state index contributed by atoms with van der Waals surface area (Å²) in [5.74, 6) is 0.790. The van der Waals surface area contributed by atoms with E-state index in [1.54, 1.807) is 0 Å². The van der Waals surface area contributed by atoms with E-state index in [1.807, 2.05) is 11.6 Å². The first-order valence-corrected chi connectivity index (χ1v) is 13.5. The predicted molar refractivity (Wildman–Crippen MR) is 144 cm³/mol. The number of fused-ring (bicyclic) bond motifs is 1. The minimum atomic E-state index is -0.289. The molecule has 1 aliphatic carbocycles. The maximum atomic E-state index is 13.6. The van der Waals surface area contributed by atoms with Crippen LogP contribution in [0.3, 0.4) is 0 Å². The summed E-state index contributed by atoms with van der Waals surface area (Å²) in [6, 6.07) is 16.9. The maximum Gasteiger partial charge on any atom is 0.253 e. The lowest BCUT2D eigenvalue weighted by molar-refractivity contribution is 0.0989. The molecule has 2 fully saturated rings. The van der Waals surface area contributed by atoms with Gasteiger partial charge in [0.25, 0.3) is 5.56 Å². The Morgan fingerprint density at radius 1 is 0.973 bits per heavy atom. The third-order valence-corrected chi connectivity index (χ3v) is 8.22. The van der Waals surface area contributed by atoms with Gasteiger partial charge in [-0.05, 0) is 59.9 Å². The lowest BCUT2D eigenvalue weighted by Crippen LogP contribution is -2.48. The number of nitrogens with one attached hydrogen (secondary N) is 1. The molecule has 1 unspecified atom stereocenters. The number of piperazine rings is 1. The smallest absolute Gasteiger partial charge is 0.253 e. The number of rotatable bonds is 6. The van der Waals surface area contributed by atoms with Crippen LogP contribution in [-0.2, 0) is 6.54 Å². The molecule has 1 saturated carbocycles. The van der Waals surface area contributed by atoms with Crippen LogP contribution in [0.2, 0.25) is 0 Å². The van der Waals surface area contributed by atoms with Crippen LogP contribution in [0.4, 0.5) is 0 Å². The first-order chi connectivity index (χ1) is 18.1. The van der Waals surface area contributed by atoms with Crippen molar-refractivity contribution in [3.05, 3.63) is 87.0 Å². The molecule has 6 rings (SSSR count). The normalized spacial score (nSPS) is 18.5. The largest absolute Gasteiger partial charge is 0.321 e. The zero-order valence-electron chi connectivity index (χ0n) is 21.7. The Morgan fingerprint density at radius 3 is 2.46 bits per heavy atom. The molecular weight excluding hydrogens is 462 g/mol. The van der Waals surface area contributed by atoms with E-state index >= 15 is 0 Å². The Labute approximate surface area is 217 Å². The van der Waals surface area contributed by atoms with Crippen LogP contribution in [0.1, 0.15) is 65.8 Å². The van der Waals surface area contributed by atoms with Crippen molar-refractivity contribution >= 4 is 10.9 Å². The van der Waals surface area contributed by atoms with Crippen molar-refractivity contribution in [2.75, 3.05) is 26.2 Å². The number of hydrogen-bond donors (Lipinski definition) is 1. The van der Waals surface area contributed by atoms with Crippen molar-refractivity contribution in [3.8, 4) is 0 Å². The van der Waals surface area contributed by atoms with Gasteiger partial charge >= 0.3 is 0 Å². The number of pyridine rings is 1. The highest BCUT2D eigenvalue weighted by atomic mass is 16.1. The molecule has 0 spiro atoms. The van der Waals surface area contributed by atoms with Gasteiger partial charge in [0.2, 0.25) is 0 Å². The number of benzene rings is 2. The molecule has 37 heavy (non-hydrogen) atoms. The Kier molecular flexibility index (Phi) is 6.61. The van der Waals surface area contributed by atoms with Gasteiger partial charge in [0.05, 0.1) is 11.6 Å². The van der Waals surface area contributed by atoms with E-state index in [9.17, 15) is 4.79 Å². The number of nitrogens with zero attached hydrogens (tertiary/aromatic N) is 6. The van der Waals surface area contributed by atoms with Gasteiger partial charge in [-0.1, -0.05) is 55.3 Å². The Bertz CT molecular complexity index is 1430. The van der Waals surface area contributed by atoms with Crippen LogP contribution >= 0.6 is 0 Å². The third-order valence-electron chi connectivity index (χ3n) is 8.22. The molecule has 1 aliphatic heterocycles. The van der Waals surface area contributed by atoms with Crippen LogP contribution in [0.25, 0.3) is 10.9 Å². The van der Waals surface area contributed by atoms with Crippen molar-refractivity contribution in [2.24, 2.45) is 0 Å². The van der Waals surface area contributed by atoms with Gasteiger partial charge in [0.1, 0.15) is 6.04 Å². The number of aromatic nitrogens is 5. The molecule has 0 radical (unpaired) electrons. The fourth-order valence-corrected chi connectivity index (χ4v) is 6.10. The molecule has 1 N–H and O–H groups in total. The molecule has 4 aromatic rings. The Hall–Kier alpha value is -3.36. The average Bonchev–Trinajstić information content (AvgIpc) is 3.61. The minimum absolute atomic E-state index is 0.0566. The Balaban J connectivity index is 1.37. The molecule has 3 heterocycles. The van der Waals surface area contributed by atoms with Crippen LogP contribution in [0.15, 0.2) is 53.3 Å². The molecule has 2 aliphatic rings. The zero-order valence-corrected chi connectivity index (χ0v) is 21.7.